The number of nitrogens with zero attached hydrogens (tertiary/aromatic N) is 2. The van der Waals surface area contributed by atoms with Gasteiger partial charge in [-0.15, -0.1) is 0 Å². The second-order valence-electron chi connectivity index (χ2n) is 8.98. The number of aryl methyl sites for hydroxylation is 3. The average molecular weight is 525 g/mol. The van der Waals surface area contributed by atoms with E-state index in [9.17, 15) is 9.59 Å². The van der Waals surface area contributed by atoms with Crippen molar-refractivity contribution in [2.75, 3.05) is 0 Å². The Morgan fingerprint density at radius 1 is 0.795 bits per heavy atom. The lowest BCUT2D eigenvalue weighted by atomic mass is 9.97. The molecule has 4 nitrogen and oxygen atoms in total. The van der Waals surface area contributed by atoms with Gasteiger partial charge in [0.15, 0.2) is 5.78 Å². The summed E-state index contributed by atoms with van der Waals surface area (Å²) in [7, 11) is 0. The number of hydrogen-bond donors (Lipinski definition) is 0. The highest BCUT2D eigenvalue weighted by Crippen LogP contribution is 2.27. The lowest BCUT2D eigenvalue weighted by molar-refractivity contribution is 0.0980. The quantitative estimate of drug-likeness (QED) is 0.207. The van der Waals surface area contributed by atoms with Crippen molar-refractivity contribution in [1.29, 1.82) is 0 Å². The molecule has 0 spiro atoms. The first-order chi connectivity index (χ1) is 19.0. The minimum atomic E-state index is -0.267. The van der Waals surface area contributed by atoms with Gasteiger partial charge in [0.1, 0.15) is 5.82 Å². The molecule has 0 N–H and O–H groups in total. The van der Waals surface area contributed by atoms with Gasteiger partial charge < -0.3 is 0 Å². The topological polar surface area (TPSA) is 52.0 Å². The van der Waals surface area contributed by atoms with E-state index < -0.39 is 0 Å². The second kappa shape index (κ2) is 16.2. The van der Waals surface area contributed by atoms with E-state index in [1.54, 1.807) is 0 Å². The summed E-state index contributed by atoms with van der Waals surface area (Å²) in [6.45, 7) is 13.9. The van der Waals surface area contributed by atoms with Crippen LogP contribution in [0.5, 0.6) is 0 Å². The molecule has 3 aromatic carbocycles. The zero-order valence-electron chi connectivity index (χ0n) is 24.7. The van der Waals surface area contributed by atoms with Gasteiger partial charge in [-0.1, -0.05) is 125 Å². The third kappa shape index (κ3) is 8.10. The van der Waals surface area contributed by atoms with Crippen molar-refractivity contribution >= 4 is 5.78 Å². The maximum absolute atomic E-state index is 14.0. The molecule has 0 aliphatic rings. The van der Waals surface area contributed by atoms with Gasteiger partial charge in [-0.05, 0) is 44.2 Å². The summed E-state index contributed by atoms with van der Waals surface area (Å²) in [6.07, 6.45) is 2.23. The Labute approximate surface area is 234 Å². The lowest BCUT2D eigenvalue weighted by Gasteiger charge is -2.24. The summed E-state index contributed by atoms with van der Waals surface area (Å²) in [6, 6.07) is 27.6. The van der Waals surface area contributed by atoms with E-state index in [4.69, 9.17) is 4.98 Å². The first-order valence-electron chi connectivity index (χ1n) is 14.3. The number of benzene rings is 3. The molecule has 4 rings (SSSR count). The van der Waals surface area contributed by atoms with Crippen LogP contribution in [0.15, 0.2) is 89.7 Å². The molecular weight excluding hydrogens is 480 g/mol. The SMILES string of the molecule is CC.CC.CCc1nc(C)n(C(c2ccccc2)c2ccccc2)c(=O)c1CCCC(=O)c1ccc(C)cc1. The van der Waals surface area contributed by atoms with Crippen molar-refractivity contribution in [2.24, 2.45) is 0 Å². The fourth-order valence-corrected chi connectivity index (χ4v) is 4.65. The van der Waals surface area contributed by atoms with E-state index >= 15 is 0 Å². The van der Waals surface area contributed by atoms with E-state index in [0.29, 0.717) is 37.1 Å². The number of carbonyl (C=O) groups is 1. The largest absolute Gasteiger partial charge is 0.294 e. The Bertz CT molecular complexity index is 1300. The Morgan fingerprint density at radius 2 is 1.31 bits per heavy atom. The monoisotopic (exact) mass is 524 g/mol. The molecule has 0 atom stereocenters. The molecule has 0 bridgehead atoms. The van der Waals surface area contributed by atoms with Gasteiger partial charge in [-0.2, -0.15) is 0 Å². The normalized spacial score (nSPS) is 10.3. The summed E-state index contributed by atoms with van der Waals surface area (Å²) in [5.74, 6) is 0.805. The molecule has 0 aliphatic heterocycles. The number of Topliss-reactive ketones (excluding diaryl/α,β-unsaturated/α-hetero) is 1. The minimum Gasteiger partial charge on any atom is -0.294 e. The smallest absolute Gasteiger partial charge is 0.257 e. The lowest BCUT2D eigenvalue weighted by Crippen LogP contribution is -2.33. The molecular formula is C35H44N2O2. The molecule has 0 saturated heterocycles. The fraction of sp³-hybridized carbons (Fsp3) is 0.343. The fourth-order valence-electron chi connectivity index (χ4n) is 4.65. The number of hydrogen-bond acceptors (Lipinski definition) is 3. The second-order valence-corrected chi connectivity index (χ2v) is 8.98. The van der Waals surface area contributed by atoms with Crippen molar-refractivity contribution < 1.29 is 4.79 Å². The van der Waals surface area contributed by atoms with Gasteiger partial charge in [-0.3, -0.25) is 14.2 Å². The van der Waals surface area contributed by atoms with Gasteiger partial charge in [-0.25, -0.2) is 4.98 Å². The third-order valence-corrected chi connectivity index (χ3v) is 6.50. The molecule has 0 fully saturated rings. The van der Waals surface area contributed by atoms with Crippen LogP contribution < -0.4 is 5.56 Å². The molecule has 0 unspecified atom stereocenters. The van der Waals surface area contributed by atoms with Crippen LogP contribution in [0.25, 0.3) is 0 Å². The molecule has 0 saturated carbocycles. The van der Waals surface area contributed by atoms with E-state index in [-0.39, 0.29) is 17.4 Å². The molecule has 39 heavy (non-hydrogen) atoms. The van der Waals surface area contributed by atoms with Gasteiger partial charge in [0, 0.05) is 17.5 Å². The summed E-state index contributed by atoms with van der Waals surface area (Å²) in [4.78, 5) is 31.5. The molecule has 206 valence electrons. The predicted molar refractivity (Wildman–Crippen MR) is 164 cm³/mol. The third-order valence-electron chi connectivity index (χ3n) is 6.50. The van der Waals surface area contributed by atoms with E-state index in [1.807, 2.05) is 114 Å². The molecule has 1 heterocycles. The average Bonchev–Trinajstić information content (AvgIpc) is 2.99. The first kappa shape index (κ1) is 31.4. The van der Waals surface area contributed by atoms with E-state index in [0.717, 1.165) is 27.9 Å². The van der Waals surface area contributed by atoms with Gasteiger partial charge in [0.05, 0.1) is 11.7 Å². The number of carbonyl (C=O) groups excluding carboxylic acids is 1. The molecule has 4 aromatic rings. The number of aromatic nitrogens is 2. The Balaban J connectivity index is 0.00000127. The van der Waals surface area contributed by atoms with Crippen LogP contribution in [0, 0.1) is 13.8 Å². The summed E-state index contributed by atoms with van der Waals surface area (Å²) >= 11 is 0. The van der Waals surface area contributed by atoms with Crippen molar-refractivity contribution in [2.45, 2.75) is 80.2 Å². The molecule has 0 radical (unpaired) electrons. The van der Waals surface area contributed by atoms with Crippen LogP contribution in [0.4, 0.5) is 0 Å². The van der Waals surface area contributed by atoms with Crippen molar-refractivity contribution in [3.63, 3.8) is 0 Å². The van der Waals surface area contributed by atoms with Crippen molar-refractivity contribution in [1.82, 2.24) is 9.55 Å². The zero-order chi connectivity index (χ0) is 28.8. The highest BCUT2D eigenvalue weighted by atomic mass is 16.1. The van der Waals surface area contributed by atoms with Gasteiger partial charge in [0.25, 0.3) is 5.56 Å². The zero-order valence-corrected chi connectivity index (χ0v) is 24.7. The molecule has 4 heteroatoms. The standard InChI is InChI=1S/C31H32N2O2.2C2H6/c1-4-28-27(16-11-17-29(34)24-20-18-22(2)19-21-24)31(35)33(23(3)32-28)30(25-12-7-5-8-13-25)26-14-9-6-10-15-26;2*1-2/h5-10,12-15,18-21,30H,4,11,16-17H2,1-3H3;2*1-2H3. The van der Waals surface area contributed by atoms with Crippen LogP contribution in [-0.4, -0.2) is 15.3 Å². The Hall–Kier alpha value is -3.79. The Morgan fingerprint density at radius 3 is 1.79 bits per heavy atom. The van der Waals surface area contributed by atoms with E-state index in [1.165, 1.54) is 0 Å². The highest BCUT2D eigenvalue weighted by Gasteiger charge is 2.23. The number of rotatable bonds is 9. The van der Waals surface area contributed by atoms with Gasteiger partial charge >= 0.3 is 0 Å². The predicted octanol–water partition coefficient (Wildman–Crippen LogP) is 8.32. The first-order valence-corrected chi connectivity index (χ1v) is 14.3. The molecule has 1 aromatic heterocycles. The highest BCUT2D eigenvalue weighted by molar-refractivity contribution is 5.96. The molecule has 0 aliphatic carbocycles. The van der Waals surface area contributed by atoms with Crippen molar-refractivity contribution in [3.8, 4) is 0 Å². The Kier molecular flexibility index (Phi) is 13.1. The van der Waals surface area contributed by atoms with Crippen LogP contribution in [-0.2, 0) is 12.8 Å². The van der Waals surface area contributed by atoms with Crippen LogP contribution in [0.1, 0.15) is 97.6 Å². The maximum Gasteiger partial charge on any atom is 0.257 e. The minimum absolute atomic E-state index is 0.0187. The van der Waals surface area contributed by atoms with Crippen molar-refractivity contribution in [3.05, 3.63) is 135 Å². The van der Waals surface area contributed by atoms with Gasteiger partial charge in [0.2, 0.25) is 0 Å². The van der Waals surface area contributed by atoms with Crippen LogP contribution >= 0.6 is 0 Å². The van der Waals surface area contributed by atoms with E-state index in [2.05, 4.69) is 24.3 Å². The molecule has 0 amide bonds. The van der Waals surface area contributed by atoms with Crippen LogP contribution in [0.2, 0.25) is 0 Å². The summed E-state index contributed by atoms with van der Waals surface area (Å²) in [5, 5.41) is 0. The van der Waals surface area contributed by atoms with Crippen LogP contribution in [0.3, 0.4) is 0 Å². The summed E-state index contributed by atoms with van der Waals surface area (Å²) < 4.78 is 1.82. The summed E-state index contributed by atoms with van der Waals surface area (Å²) in [5.41, 5.74) is 5.45. The number of ketones is 1. The maximum atomic E-state index is 14.0.